The van der Waals surface area contributed by atoms with Gasteiger partial charge in [0.15, 0.2) is 5.13 Å². The summed E-state index contributed by atoms with van der Waals surface area (Å²) in [6, 6.07) is 0.376. The number of aryl methyl sites for hydroxylation is 1. The maximum Gasteiger partial charge on any atom is 0.183 e. The Morgan fingerprint density at radius 2 is 2.20 bits per heavy atom. The van der Waals surface area contributed by atoms with Crippen molar-refractivity contribution < 1.29 is 0 Å². The van der Waals surface area contributed by atoms with Crippen molar-refractivity contribution in [1.82, 2.24) is 4.98 Å². The smallest absolute Gasteiger partial charge is 0.183 e. The van der Waals surface area contributed by atoms with Gasteiger partial charge in [-0.05, 0) is 18.8 Å². The second-order valence-electron chi connectivity index (χ2n) is 4.83. The van der Waals surface area contributed by atoms with Crippen LogP contribution in [0.5, 0.6) is 0 Å². The zero-order chi connectivity index (χ0) is 11.5. The van der Waals surface area contributed by atoms with E-state index in [0.717, 1.165) is 17.2 Å². The number of anilines is 1. The minimum Gasteiger partial charge on any atom is -0.358 e. The molecule has 1 heterocycles. The van der Waals surface area contributed by atoms with Gasteiger partial charge in [-0.15, -0.1) is 22.9 Å². The van der Waals surface area contributed by atoms with Crippen molar-refractivity contribution in [3.8, 4) is 0 Å². The van der Waals surface area contributed by atoms with Gasteiger partial charge in [0.25, 0.3) is 0 Å². The van der Waals surface area contributed by atoms with Gasteiger partial charge in [0.2, 0.25) is 0 Å². The van der Waals surface area contributed by atoms with Gasteiger partial charge in [-0.2, -0.15) is 0 Å². The largest absolute Gasteiger partial charge is 0.358 e. The van der Waals surface area contributed by atoms with Crippen LogP contribution in [0.15, 0.2) is 5.38 Å². The summed E-state index contributed by atoms with van der Waals surface area (Å²) in [6.45, 7) is 8.67. The molecule has 4 heteroatoms. The molecule has 1 rings (SSSR count). The topological polar surface area (TPSA) is 24.9 Å². The van der Waals surface area contributed by atoms with Crippen molar-refractivity contribution in [3.05, 3.63) is 11.1 Å². The molecule has 86 valence electrons. The highest BCUT2D eigenvalue weighted by molar-refractivity contribution is 7.13. The summed E-state index contributed by atoms with van der Waals surface area (Å²) in [4.78, 5) is 4.41. The fourth-order valence-electron chi connectivity index (χ4n) is 1.40. The summed E-state index contributed by atoms with van der Waals surface area (Å²) in [5.41, 5.74) is 1.27. The Balaban J connectivity index is 2.66. The number of nitrogens with one attached hydrogen (secondary N) is 1. The molecule has 0 fully saturated rings. The molecule has 1 unspecified atom stereocenters. The number of nitrogens with zero attached hydrogens (tertiary/aromatic N) is 1. The van der Waals surface area contributed by atoms with E-state index >= 15 is 0 Å². The van der Waals surface area contributed by atoms with E-state index in [9.17, 15) is 0 Å². The number of rotatable bonds is 4. The van der Waals surface area contributed by atoms with E-state index < -0.39 is 0 Å². The lowest BCUT2D eigenvalue weighted by Gasteiger charge is -2.30. The van der Waals surface area contributed by atoms with E-state index in [1.54, 1.807) is 11.3 Å². The van der Waals surface area contributed by atoms with Crippen molar-refractivity contribution in [2.24, 2.45) is 5.41 Å². The van der Waals surface area contributed by atoms with Gasteiger partial charge >= 0.3 is 0 Å². The molecule has 1 N–H and O–H groups in total. The maximum atomic E-state index is 5.82. The Morgan fingerprint density at radius 3 is 2.60 bits per heavy atom. The number of thiazole rings is 1. The van der Waals surface area contributed by atoms with Crippen LogP contribution >= 0.6 is 22.9 Å². The lowest BCUT2D eigenvalue weighted by Crippen LogP contribution is -2.34. The molecule has 0 spiro atoms. The van der Waals surface area contributed by atoms with Crippen molar-refractivity contribution in [1.29, 1.82) is 0 Å². The van der Waals surface area contributed by atoms with Crippen LogP contribution in [0.2, 0.25) is 0 Å². The zero-order valence-corrected chi connectivity index (χ0v) is 11.4. The van der Waals surface area contributed by atoms with Crippen LogP contribution in [-0.4, -0.2) is 16.9 Å². The molecule has 1 aromatic heterocycles. The zero-order valence-electron chi connectivity index (χ0n) is 9.80. The third kappa shape index (κ3) is 3.99. The van der Waals surface area contributed by atoms with Crippen LogP contribution in [0.4, 0.5) is 5.13 Å². The SMILES string of the molecule is Cc1csc(NC(CCCl)C(C)(C)C)n1. The van der Waals surface area contributed by atoms with E-state index in [-0.39, 0.29) is 5.41 Å². The van der Waals surface area contributed by atoms with Crippen LogP contribution in [0.1, 0.15) is 32.9 Å². The molecule has 1 aromatic rings. The van der Waals surface area contributed by atoms with Gasteiger partial charge in [0.1, 0.15) is 0 Å². The molecule has 0 amide bonds. The molecule has 0 aliphatic heterocycles. The Labute approximate surface area is 101 Å². The Kier molecular flexibility index (Phi) is 4.41. The second kappa shape index (κ2) is 5.17. The normalized spacial score (nSPS) is 13.9. The van der Waals surface area contributed by atoms with Gasteiger partial charge in [0.05, 0.1) is 5.69 Å². The number of hydrogen-bond acceptors (Lipinski definition) is 3. The monoisotopic (exact) mass is 246 g/mol. The van der Waals surface area contributed by atoms with E-state index in [1.165, 1.54) is 0 Å². The van der Waals surface area contributed by atoms with Crippen LogP contribution in [0, 0.1) is 12.3 Å². The minimum absolute atomic E-state index is 0.203. The first-order valence-electron chi connectivity index (χ1n) is 5.18. The molecule has 0 saturated heterocycles. The molecule has 15 heavy (non-hydrogen) atoms. The molecule has 1 atom stereocenters. The van der Waals surface area contributed by atoms with Crippen LogP contribution in [0.3, 0.4) is 0 Å². The summed E-state index contributed by atoms with van der Waals surface area (Å²) in [5.74, 6) is 0.680. The van der Waals surface area contributed by atoms with Gasteiger partial charge in [-0.25, -0.2) is 4.98 Å². The van der Waals surface area contributed by atoms with Gasteiger partial charge in [-0.3, -0.25) is 0 Å². The highest BCUT2D eigenvalue weighted by Crippen LogP contribution is 2.27. The fraction of sp³-hybridized carbons (Fsp3) is 0.727. The predicted molar refractivity (Wildman–Crippen MR) is 69.1 cm³/mol. The molecular formula is C11H19ClN2S. The molecule has 2 nitrogen and oxygen atoms in total. The number of halogens is 1. The second-order valence-corrected chi connectivity index (χ2v) is 6.07. The minimum atomic E-state index is 0.203. The molecule has 0 aliphatic carbocycles. The third-order valence-corrected chi connectivity index (χ3v) is 3.47. The van der Waals surface area contributed by atoms with E-state index in [1.807, 2.05) is 6.92 Å². The van der Waals surface area contributed by atoms with Gasteiger partial charge < -0.3 is 5.32 Å². The summed E-state index contributed by atoms with van der Waals surface area (Å²) in [7, 11) is 0. The lowest BCUT2D eigenvalue weighted by atomic mass is 9.85. The number of alkyl halides is 1. The summed E-state index contributed by atoms with van der Waals surface area (Å²) >= 11 is 7.47. The summed E-state index contributed by atoms with van der Waals surface area (Å²) in [5, 5.41) is 6.52. The highest BCUT2D eigenvalue weighted by atomic mass is 35.5. The predicted octanol–water partition coefficient (Wildman–Crippen LogP) is 3.91. The van der Waals surface area contributed by atoms with E-state index in [0.29, 0.717) is 11.9 Å². The number of hydrogen-bond donors (Lipinski definition) is 1. The summed E-state index contributed by atoms with van der Waals surface area (Å²) < 4.78 is 0. The first kappa shape index (κ1) is 12.8. The molecular weight excluding hydrogens is 228 g/mol. The highest BCUT2D eigenvalue weighted by Gasteiger charge is 2.24. The molecule has 0 radical (unpaired) electrons. The van der Waals surface area contributed by atoms with Crippen LogP contribution in [0.25, 0.3) is 0 Å². The van der Waals surface area contributed by atoms with E-state index in [4.69, 9.17) is 11.6 Å². The van der Waals surface area contributed by atoms with Crippen molar-refractivity contribution in [2.75, 3.05) is 11.2 Å². The lowest BCUT2D eigenvalue weighted by molar-refractivity contribution is 0.334. The average molecular weight is 247 g/mol. The average Bonchev–Trinajstić information content (AvgIpc) is 2.49. The Bertz CT molecular complexity index is 304. The Hall–Kier alpha value is -0.280. The number of aromatic nitrogens is 1. The van der Waals surface area contributed by atoms with E-state index in [2.05, 4.69) is 36.5 Å². The quantitative estimate of drug-likeness (QED) is 0.815. The maximum absolute atomic E-state index is 5.82. The first-order valence-corrected chi connectivity index (χ1v) is 6.59. The van der Waals surface area contributed by atoms with Crippen LogP contribution in [-0.2, 0) is 0 Å². The Morgan fingerprint density at radius 1 is 1.53 bits per heavy atom. The van der Waals surface area contributed by atoms with Crippen molar-refractivity contribution in [2.45, 2.75) is 40.2 Å². The third-order valence-electron chi connectivity index (χ3n) is 2.36. The van der Waals surface area contributed by atoms with Gasteiger partial charge in [0, 0.05) is 17.3 Å². The van der Waals surface area contributed by atoms with Crippen molar-refractivity contribution in [3.63, 3.8) is 0 Å². The summed E-state index contributed by atoms with van der Waals surface area (Å²) in [6.07, 6.45) is 0.962. The van der Waals surface area contributed by atoms with Crippen molar-refractivity contribution >= 4 is 28.1 Å². The molecule has 0 aromatic carbocycles. The fourth-order valence-corrected chi connectivity index (χ4v) is 2.36. The standard InChI is InChI=1S/C11H19ClN2S/c1-8-7-15-10(13-8)14-9(5-6-12)11(2,3)4/h7,9H,5-6H2,1-4H3,(H,13,14). The first-order chi connectivity index (χ1) is 6.93. The van der Waals surface area contributed by atoms with Crippen LogP contribution < -0.4 is 5.32 Å². The van der Waals surface area contributed by atoms with Gasteiger partial charge in [-0.1, -0.05) is 20.8 Å². The molecule has 0 bridgehead atoms. The molecule has 0 aliphatic rings. The molecule has 0 saturated carbocycles.